The number of rotatable bonds is 6. The van der Waals surface area contributed by atoms with Gasteiger partial charge in [-0.1, -0.05) is 30.3 Å². The minimum absolute atomic E-state index is 0.0348. The smallest absolute Gasteiger partial charge is 0.251 e. The first kappa shape index (κ1) is 21.0. The summed E-state index contributed by atoms with van der Waals surface area (Å²) in [5, 5.41) is 6.07. The van der Waals surface area contributed by atoms with E-state index in [0.29, 0.717) is 12.1 Å². The van der Waals surface area contributed by atoms with E-state index in [4.69, 9.17) is 0 Å². The van der Waals surface area contributed by atoms with Crippen LogP contribution in [0.1, 0.15) is 47.3 Å². The lowest BCUT2D eigenvalue weighted by atomic mass is 10.0. The van der Waals surface area contributed by atoms with Crippen LogP contribution in [0, 0.1) is 12.7 Å². The van der Waals surface area contributed by atoms with Gasteiger partial charge in [0.1, 0.15) is 5.82 Å². The van der Waals surface area contributed by atoms with Crippen molar-refractivity contribution in [3.63, 3.8) is 0 Å². The maximum atomic E-state index is 13.0. The van der Waals surface area contributed by atoms with Crippen LogP contribution >= 0.6 is 0 Å². The van der Waals surface area contributed by atoms with Crippen molar-refractivity contribution in [2.24, 2.45) is 0 Å². The molecule has 5 nitrogen and oxygen atoms in total. The number of piperidine rings is 1. The maximum absolute atomic E-state index is 13.0. The van der Waals surface area contributed by atoms with Crippen LogP contribution in [-0.2, 0) is 4.79 Å². The topological polar surface area (TPSA) is 61.4 Å². The van der Waals surface area contributed by atoms with E-state index in [1.54, 1.807) is 12.1 Å². The first-order chi connectivity index (χ1) is 13.9. The Labute approximate surface area is 171 Å². The first-order valence-corrected chi connectivity index (χ1v) is 10.1. The molecule has 0 saturated carbocycles. The molecule has 1 fully saturated rings. The number of carbonyl (C=O) groups is 2. The summed E-state index contributed by atoms with van der Waals surface area (Å²) in [6.45, 7) is 5.67. The van der Waals surface area contributed by atoms with Crippen molar-refractivity contribution in [1.29, 1.82) is 0 Å². The standard InChI is InChI=1S/C23H28FN3O2/c1-16-5-3-4-6-21(16)23(29)26-20-11-13-27(14-12-20)15-22(28)25-17(2)18-7-9-19(24)10-8-18/h3-10,17,20H,11-15H2,1-2H3,(H,25,28)(H,26,29). The van der Waals surface area contributed by atoms with Crippen molar-refractivity contribution < 1.29 is 14.0 Å². The Morgan fingerprint density at radius 1 is 1.10 bits per heavy atom. The summed E-state index contributed by atoms with van der Waals surface area (Å²) in [4.78, 5) is 26.9. The lowest BCUT2D eigenvalue weighted by molar-refractivity contribution is -0.123. The normalized spacial score (nSPS) is 16.2. The van der Waals surface area contributed by atoms with Gasteiger partial charge in [-0.25, -0.2) is 4.39 Å². The average Bonchev–Trinajstić information content (AvgIpc) is 2.70. The number of nitrogens with one attached hydrogen (secondary N) is 2. The third-order valence-corrected chi connectivity index (χ3v) is 5.43. The van der Waals surface area contributed by atoms with E-state index < -0.39 is 0 Å². The Kier molecular flexibility index (Phi) is 6.99. The second-order valence-electron chi connectivity index (χ2n) is 7.68. The molecule has 1 unspecified atom stereocenters. The maximum Gasteiger partial charge on any atom is 0.251 e. The Bertz CT molecular complexity index is 845. The monoisotopic (exact) mass is 397 g/mol. The van der Waals surface area contributed by atoms with Gasteiger partial charge in [0, 0.05) is 24.7 Å². The largest absolute Gasteiger partial charge is 0.349 e. The molecule has 154 valence electrons. The molecular weight excluding hydrogens is 369 g/mol. The lowest BCUT2D eigenvalue weighted by Crippen LogP contribution is -2.47. The van der Waals surface area contributed by atoms with Gasteiger partial charge in [0.2, 0.25) is 5.91 Å². The van der Waals surface area contributed by atoms with Crippen LogP contribution in [0.3, 0.4) is 0 Å². The molecule has 29 heavy (non-hydrogen) atoms. The molecule has 0 spiro atoms. The number of likely N-dealkylation sites (tertiary alicyclic amines) is 1. The van der Waals surface area contributed by atoms with Crippen LogP contribution in [0.2, 0.25) is 0 Å². The van der Waals surface area contributed by atoms with Crippen molar-refractivity contribution in [1.82, 2.24) is 15.5 Å². The van der Waals surface area contributed by atoms with E-state index in [9.17, 15) is 14.0 Å². The molecule has 1 atom stereocenters. The highest BCUT2D eigenvalue weighted by atomic mass is 19.1. The van der Waals surface area contributed by atoms with Gasteiger partial charge in [-0.3, -0.25) is 14.5 Å². The fraction of sp³-hybridized carbons (Fsp3) is 0.391. The number of carbonyl (C=O) groups excluding carboxylic acids is 2. The van der Waals surface area contributed by atoms with Gasteiger partial charge in [0.15, 0.2) is 0 Å². The van der Waals surface area contributed by atoms with Crippen LogP contribution in [0.25, 0.3) is 0 Å². The minimum Gasteiger partial charge on any atom is -0.349 e. The summed E-state index contributed by atoms with van der Waals surface area (Å²) in [6.07, 6.45) is 1.64. The van der Waals surface area contributed by atoms with Crippen LogP contribution in [-0.4, -0.2) is 42.4 Å². The molecule has 0 radical (unpaired) electrons. The van der Waals surface area contributed by atoms with Gasteiger partial charge in [-0.15, -0.1) is 0 Å². The highest BCUT2D eigenvalue weighted by molar-refractivity contribution is 5.95. The van der Waals surface area contributed by atoms with Gasteiger partial charge >= 0.3 is 0 Å². The summed E-state index contributed by atoms with van der Waals surface area (Å²) in [5.41, 5.74) is 2.55. The zero-order valence-electron chi connectivity index (χ0n) is 17.0. The predicted octanol–water partition coefficient (Wildman–Crippen LogP) is 3.21. The van der Waals surface area contributed by atoms with Gasteiger partial charge < -0.3 is 10.6 Å². The zero-order valence-corrected chi connectivity index (χ0v) is 17.0. The van der Waals surface area contributed by atoms with Crippen LogP contribution in [0.5, 0.6) is 0 Å². The molecule has 1 saturated heterocycles. The Morgan fingerprint density at radius 2 is 1.76 bits per heavy atom. The number of aryl methyl sites for hydroxylation is 1. The highest BCUT2D eigenvalue weighted by Gasteiger charge is 2.23. The molecule has 1 aliphatic heterocycles. The van der Waals surface area contributed by atoms with Crippen molar-refractivity contribution in [3.05, 3.63) is 71.0 Å². The number of halogens is 1. The quantitative estimate of drug-likeness (QED) is 0.787. The molecule has 1 aliphatic rings. The van der Waals surface area contributed by atoms with E-state index in [-0.39, 0.29) is 29.7 Å². The van der Waals surface area contributed by atoms with Crippen LogP contribution < -0.4 is 10.6 Å². The summed E-state index contributed by atoms with van der Waals surface area (Å²) >= 11 is 0. The molecular formula is C23H28FN3O2. The van der Waals surface area contributed by atoms with Gasteiger partial charge in [0.25, 0.3) is 5.91 Å². The first-order valence-electron chi connectivity index (χ1n) is 10.1. The molecule has 2 amide bonds. The van der Waals surface area contributed by atoms with E-state index in [0.717, 1.165) is 37.1 Å². The zero-order chi connectivity index (χ0) is 20.8. The van der Waals surface area contributed by atoms with Crippen molar-refractivity contribution in [2.75, 3.05) is 19.6 Å². The molecule has 2 aromatic rings. The van der Waals surface area contributed by atoms with E-state index in [1.165, 1.54) is 12.1 Å². The summed E-state index contributed by atoms with van der Waals surface area (Å²) in [7, 11) is 0. The number of hydrogen-bond acceptors (Lipinski definition) is 3. The van der Waals surface area contributed by atoms with Gasteiger partial charge in [0.05, 0.1) is 12.6 Å². The van der Waals surface area contributed by atoms with Crippen LogP contribution in [0.4, 0.5) is 4.39 Å². The third-order valence-electron chi connectivity index (χ3n) is 5.43. The Hall–Kier alpha value is -2.73. The predicted molar refractivity (Wildman–Crippen MR) is 111 cm³/mol. The molecule has 0 aliphatic carbocycles. The molecule has 1 heterocycles. The fourth-order valence-electron chi connectivity index (χ4n) is 3.65. The number of nitrogens with zero attached hydrogens (tertiary/aromatic N) is 1. The second kappa shape index (κ2) is 9.65. The Morgan fingerprint density at radius 3 is 2.41 bits per heavy atom. The van der Waals surface area contributed by atoms with Crippen molar-refractivity contribution in [3.8, 4) is 0 Å². The van der Waals surface area contributed by atoms with E-state index in [2.05, 4.69) is 15.5 Å². The molecule has 3 rings (SSSR count). The summed E-state index contributed by atoms with van der Waals surface area (Å²) in [5.74, 6) is -0.374. The number of benzene rings is 2. The molecule has 0 aromatic heterocycles. The molecule has 0 bridgehead atoms. The van der Waals surface area contributed by atoms with E-state index >= 15 is 0 Å². The molecule has 2 aromatic carbocycles. The second-order valence-corrected chi connectivity index (χ2v) is 7.68. The number of amides is 2. The third kappa shape index (κ3) is 5.87. The molecule has 6 heteroatoms. The SMILES string of the molecule is Cc1ccccc1C(=O)NC1CCN(CC(=O)NC(C)c2ccc(F)cc2)CC1. The molecule has 2 N–H and O–H groups in total. The summed E-state index contributed by atoms with van der Waals surface area (Å²) < 4.78 is 13.0. The Balaban J connectivity index is 1.42. The average molecular weight is 397 g/mol. The fourth-order valence-corrected chi connectivity index (χ4v) is 3.65. The van der Waals surface area contributed by atoms with Crippen LogP contribution in [0.15, 0.2) is 48.5 Å². The lowest BCUT2D eigenvalue weighted by Gasteiger charge is -2.32. The highest BCUT2D eigenvalue weighted by Crippen LogP contribution is 2.15. The minimum atomic E-state index is -0.287. The van der Waals surface area contributed by atoms with Gasteiger partial charge in [-0.05, 0) is 56.0 Å². The van der Waals surface area contributed by atoms with Crippen molar-refractivity contribution >= 4 is 11.8 Å². The van der Waals surface area contributed by atoms with Crippen molar-refractivity contribution in [2.45, 2.75) is 38.8 Å². The van der Waals surface area contributed by atoms with E-state index in [1.807, 2.05) is 38.1 Å². The number of hydrogen-bond donors (Lipinski definition) is 2. The van der Waals surface area contributed by atoms with Gasteiger partial charge in [-0.2, -0.15) is 0 Å². The summed E-state index contributed by atoms with van der Waals surface area (Å²) in [6, 6.07) is 13.7.